The first-order valence-electron chi connectivity index (χ1n) is 6.81. The van der Waals surface area contributed by atoms with E-state index in [2.05, 4.69) is 6.07 Å². The highest BCUT2D eigenvalue weighted by molar-refractivity contribution is 5.44. The Morgan fingerprint density at radius 3 is 2.71 bits per heavy atom. The largest absolute Gasteiger partial charge is 0.490 e. The van der Waals surface area contributed by atoms with Crippen LogP contribution in [0.15, 0.2) is 18.2 Å². The van der Waals surface area contributed by atoms with E-state index in [1.54, 1.807) is 0 Å². The first-order chi connectivity index (χ1) is 8.34. The summed E-state index contributed by atoms with van der Waals surface area (Å²) in [6.07, 6.45) is 8.24. The number of benzene rings is 1. The number of fused-ring (bicyclic) bond motifs is 1. The molecule has 0 spiro atoms. The summed E-state index contributed by atoms with van der Waals surface area (Å²) in [5.74, 6) is 1.02. The average Bonchev–Trinajstić information content (AvgIpc) is 2.74. The van der Waals surface area contributed by atoms with E-state index in [4.69, 9.17) is 4.74 Å². The minimum atomic E-state index is -0.278. The van der Waals surface area contributed by atoms with Crippen LogP contribution in [0.2, 0.25) is 0 Å². The van der Waals surface area contributed by atoms with Crippen molar-refractivity contribution in [2.24, 2.45) is 0 Å². The van der Waals surface area contributed by atoms with Gasteiger partial charge in [-0.1, -0.05) is 18.6 Å². The fourth-order valence-electron chi connectivity index (χ4n) is 3.07. The van der Waals surface area contributed by atoms with Gasteiger partial charge in [-0.05, 0) is 50.2 Å². The average molecular weight is 232 g/mol. The van der Waals surface area contributed by atoms with Gasteiger partial charge < -0.3 is 9.84 Å². The van der Waals surface area contributed by atoms with Crippen molar-refractivity contribution in [1.82, 2.24) is 0 Å². The lowest BCUT2D eigenvalue weighted by Gasteiger charge is -2.24. The van der Waals surface area contributed by atoms with Crippen LogP contribution >= 0.6 is 0 Å². The van der Waals surface area contributed by atoms with Gasteiger partial charge >= 0.3 is 0 Å². The molecule has 1 fully saturated rings. The van der Waals surface area contributed by atoms with Crippen molar-refractivity contribution >= 4 is 0 Å². The van der Waals surface area contributed by atoms with Crippen molar-refractivity contribution in [2.45, 2.75) is 57.2 Å². The van der Waals surface area contributed by atoms with Crippen LogP contribution in [0.3, 0.4) is 0 Å². The zero-order valence-corrected chi connectivity index (χ0v) is 10.2. The summed E-state index contributed by atoms with van der Waals surface area (Å²) >= 11 is 0. The standard InChI is InChI=1S/C15H20O2/c16-14-10-9-13-12(14)7-4-8-15(13)17-11-5-2-1-3-6-11/h4,7-8,11,14,16H,1-3,5-6,9-10H2. The summed E-state index contributed by atoms with van der Waals surface area (Å²) in [5, 5.41) is 9.86. The fourth-order valence-corrected chi connectivity index (χ4v) is 3.07. The van der Waals surface area contributed by atoms with Gasteiger partial charge in [0.25, 0.3) is 0 Å². The Hall–Kier alpha value is -1.02. The van der Waals surface area contributed by atoms with Crippen molar-refractivity contribution in [3.05, 3.63) is 29.3 Å². The van der Waals surface area contributed by atoms with Crippen molar-refractivity contribution < 1.29 is 9.84 Å². The minimum Gasteiger partial charge on any atom is -0.490 e. The summed E-state index contributed by atoms with van der Waals surface area (Å²) in [4.78, 5) is 0. The van der Waals surface area contributed by atoms with E-state index in [1.807, 2.05) is 12.1 Å². The number of hydrogen-bond acceptors (Lipinski definition) is 2. The molecule has 1 N–H and O–H groups in total. The zero-order valence-electron chi connectivity index (χ0n) is 10.2. The Morgan fingerprint density at radius 2 is 1.88 bits per heavy atom. The van der Waals surface area contributed by atoms with Crippen LogP contribution in [0.25, 0.3) is 0 Å². The topological polar surface area (TPSA) is 29.5 Å². The predicted molar refractivity (Wildman–Crippen MR) is 67.2 cm³/mol. The van der Waals surface area contributed by atoms with E-state index in [9.17, 15) is 5.11 Å². The van der Waals surface area contributed by atoms with Gasteiger partial charge in [0.1, 0.15) is 5.75 Å². The molecule has 0 heterocycles. The third-order valence-corrected chi connectivity index (χ3v) is 4.04. The number of aliphatic hydroxyl groups excluding tert-OH is 1. The third kappa shape index (κ3) is 2.19. The first-order valence-corrected chi connectivity index (χ1v) is 6.81. The van der Waals surface area contributed by atoms with Gasteiger partial charge in [-0.15, -0.1) is 0 Å². The Morgan fingerprint density at radius 1 is 1.06 bits per heavy atom. The Bertz CT molecular complexity index is 394. The summed E-state index contributed by atoms with van der Waals surface area (Å²) in [6.45, 7) is 0. The second kappa shape index (κ2) is 4.69. The molecule has 2 aliphatic rings. The normalized spacial score (nSPS) is 24.6. The predicted octanol–water partition coefficient (Wildman–Crippen LogP) is 3.38. The van der Waals surface area contributed by atoms with Crippen LogP contribution in [0.5, 0.6) is 5.75 Å². The van der Waals surface area contributed by atoms with Gasteiger partial charge in [0.15, 0.2) is 0 Å². The summed E-state index contributed by atoms with van der Waals surface area (Å²) in [6, 6.07) is 6.09. The van der Waals surface area contributed by atoms with Gasteiger partial charge in [-0.25, -0.2) is 0 Å². The molecule has 0 aliphatic heterocycles. The van der Waals surface area contributed by atoms with Crippen LogP contribution in [0.1, 0.15) is 55.8 Å². The molecule has 1 aromatic rings. The molecule has 1 aromatic carbocycles. The summed E-state index contributed by atoms with van der Waals surface area (Å²) in [7, 11) is 0. The molecule has 1 saturated carbocycles. The maximum atomic E-state index is 9.86. The molecule has 2 heteroatoms. The van der Waals surface area contributed by atoms with Crippen LogP contribution in [-0.4, -0.2) is 11.2 Å². The van der Waals surface area contributed by atoms with E-state index in [1.165, 1.54) is 37.7 Å². The van der Waals surface area contributed by atoms with Gasteiger partial charge in [0, 0.05) is 5.56 Å². The smallest absolute Gasteiger partial charge is 0.123 e. The lowest BCUT2D eigenvalue weighted by atomic mass is 9.97. The van der Waals surface area contributed by atoms with Gasteiger partial charge in [0.05, 0.1) is 12.2 Å². The maximum Gasteiger partial charge on any atom is 0.123 e. The van der Waals surface area contributed by atoms with Crippen LogP contribution in [0, 0.1) is 0 Å². The maximum absolute atomic E-state index is 9.86. The summed E-state index contributed by atoms with van der Waals surface area (Å²) in [5.41, 5.74) is 2.32. The van der Waals surface area contributed by atoms with Crippen molar-refractivity contribution in [1.29, 1.82) is 0 Å². The van der Waals surface area contributed by atoms with Gasteiger partial charge in [-0.2, -0.15) is 0 Å². The molecule has 2 nitrogen and oxygen atoms in total. The van der Waals surface area contributed by atoms with Crippen molar-refractivity contribution in [2.75, 3.05) is 0 Å². The molecule has 3 rings (SSSR count). The number of ether oxygens (including phenoxy) is 1. The highest BCUT2D eigenvalue weighted by Crippen LogP contribution is 2.37. The summed E-state index contributed by atoms with van der Waals surface area (Å²) < 4.78 is 6.14. The van der Waals surface area contributed by atoms with E-state index < -0.39 is 0 Å². The molecule has 0 radical (unpaired) electrons. The highest BCUT2D eigenvalue weighted by Gasteiger charge is 2.24. The van der Waals surface area contributed by atoms with Crippen molar-refractivity contribution in [3.8, 4) is 5.75 Å². The van der Waals surface area contributed by atoms with Crippen LogP contribution in [-0.2, 0) is 6.42 Å². The monoisotopic (exact) mass is 232 g/mol. The molecule has 0 bridgehead atoms. The quantitative estimate of drug-likeness (QED) is 0.847. The second-order valence-corrected chi connectivity index (χ2v) is 5.26. The first kappa shape index (κ1) is 11.1. The van der Waals surface area contributed by atoms with E-state index >= 15 is 0 Å². The minimum absolute atomic E-state index is 0.278. The molecule has 92 valence electrons. The van der Waals surface area contributed by atoms with Crippen LogP contribution < -0.4 is 4.74 Å². The van der Waals surface area contributed by atoms with Crippen LogP contribution in [0.4, 0.5) is 0 Å². The second-order valence-electron chi connectivity index (χ2n) is 5.26. The zero-order chi connectivity index (χ0) is 11.7. The van der Waals surface area contributed by atoms with Gasteiger partial charge in [-0.3, -0.25) is 0 Å². The molecule has 1 unspecified atom stereocenters. The molecule has 17 heavy (non-hydrogen) atoms. The Balaban J connectivity index is 1.79. The Labute approximate surface area is 103 Å². The molecule has 0 saturated heterocycles. The SMILES string of the molecule is OC1CCc2c(OC3CCCCC3)cccc21. The van der Waals surface area contributed by atoms with E-state index in [-0.39, 0.29) is 6.10 Å². The number of aliphatic hydroxyl groups is 1. The lowest BCUT2D eigenvalue weighted by Crippen LogP contribution is -2.20. The molecular weight excluding hydrogens is 212 g/mol. The molecule has 0 amide bonds. The third-order valence-electron chi connectivity index (χ3n) is 4.04. The number of hydrogen-bond donors (Lipinski definition) is 1. The Kier molecular flexibility index (Phi) is 3.06. The molecule has 1 atom stereocenters. The lowest BCUT2D eigenvalue weighted by molar-refractivity contribution is 0.153. The molecule has 0 aromatic heterocycles. The number of rotatable bonds is 2. The molecule has 2 aliphatic carbocycles. The van der Waals surface area contributed by atoms with E-state index in [0.717, 1.165) is 24.2 Å². The molecular formula is C15H20O2. The van der Waals surface area contributed by atoms with E-state index in [0.29, 0.717) is 6.10 Å². The van der Waals surface area contributed by atoms with Crippen molar-refractivity contribution in [3.63, 3.8) is 0 Å². The van der Waals surface area contributed by atoms with Gasteiger partial charge in [0.2, 0.25) is 0 Å². The fraction of sp³-hybridized carbons (Fsp3) is 0.600. The highest BCUT2D eigenvalue weighted by atomic mass is 16.5.